The summed E-state index contributed by atoms with van der Waals surface area (Å²) in [5.74, 6) is 1.83. The van der Waals surface area contributed by atoms with Gasteiger partial charge in [-0.05, 0) is 48.7 Å². The van der Waals surface area contributed by atoms with Gasteiger partial charge in [0.1, 0.15) is 5.82 Å². The second-order valence-electron chi connectivity index (χ2n) is 6.16. The first-order valence-corrected chi connectivity index (χ1v) is 8.86. The number of ether oxygens (including phenoxy) is 2. The molecule has 1 aromatic heterocycles. The number of pyridine rings is 1. The van der Waals surface area contributed by atoms with E-state index in [-0.39, 0.29) is 12.7 Å². The largest absolute Gasteiger partial charge is 0.454 e. The molecule has 1 aromatic carbocycles. The van der Waals surface area contributed by atoms with E-state index in [9.17, 15) is 4.79 Å². The number of hydrogen-bond acceptors (Lipinski definition) is 5. The molecule has 3 heterocycles. The molecule has 134 valence electrons. The zero-order chi connectivity index (χ0) is 17.9. The molecule has 6 nitrogen and oxygen atoms in total. The minimum absolute atomic E-state index is 0.156. The van der Waals surface area contributed by atoms with Crippen LogP contribution < -0.4 is 19.7 Å². The van der Waals surface area contributed by atoms with Gasteiger partial charge in [0.15, 0.2) is 11.5 Å². The van der Waals surface area contributed by atoms with Crippen LogP contribution in [0.25, 0.3) is 6.08 Å². The molecule has 1 amide bonds. The number of halogens is 1. The molecular formula is C19H18ClN3O3. The van der Waals surface area contributed by atoms with Crippen LogP contribution in [0.1, 0.15) is 18.4 Å². The summed E-state index contributed by atoms with van der Waals surface area (Å²) in [6, 6.07) is 7.31. The second-order valence-corrected chi connectivity index (χ2v) is 6.57. The highest BCUT2D eigenvalue weighted by molar-refractivity contribution is 6.32. The fourth-order valence-corrected chi connectivity index (χ4v) is 3.31. The standard InChI is InChI=1S/C19H18ClN3O3/c20-15-9-13(10-16-19(15)26-12-25-16)3-6-18(24)22-14-4-5-17(21-11-14)23-7-1-2-8-23/h3-6,9-11H,1-2,7-8,12H2,(H,22,24)/b6-3+. The number of amides is 1. The van der Waals surface area contributed by atoms with Gasteiger partial charge in [-0.3, -0.25) is 4.79 Å². The monoisotopic (exact) mass is 371 g/mol. The van der Waals surface area contributed by atoms with Gasteiger partial charge in [0, 0.05) is 19.2 Å². The number of carbonyl (C=O) groups is 1. The molecule has 2 aliphatic heterocycles. The van der Waals surface area contributed by atoms with Gasteiger partial charge in [0.25, 0.3) is 0 Å². The molecule has 2 aromatic rings. The highest BCUT2D eigenvalue weighted by Gasteiger charge is 2.17. The van der Waals surface area contributed by atoms with Crippen molar-refractivity contribution >= 4 is 35.1 Å². The van der Waals surface area contributed by atoms with Crippen molar-refractivity contribution in [1.29, 1.82) is 0 Å². The van der Waals surface area contributed by atoms with Crippen LogP contribution in [0, 0.1) is 0 Å². The lowest BCUT2D eigenvalue weighted by Crippen LogP contribution is -2.18. The Labute approximate surface area is 156 Å². The zero-order valence-electron chi connectivity index (χ0n) is 14.1. The first-order chi connectivity index (χ1) is 12.7. The molecule has 0 radical (unpaired) electrons. The Morgan fingerprint density at radius 2 is 2.08 bits per heavy atom. The molecule has 0 bridgehead atoms. The Morgan fingerprint density at radius 3 is 2.85 bits per heavy atom. The van der Waals surface area contributed by atoms with Gasteiger partial charge in [-0.25, -0.2) is 4.98 Å². The van der Waals surface area contributed by atoms with E-state index >= 15 is 0 Å². The number of nitrogens with one attached hydrogen (secondary N) is 1. The predicted octanol–water partition coefficient (Wildman–Crippen LogP) is 3.72. The number of anilines is 2. The SMILES string of the molecule is O=C(/C=C/c1cc(Cl)c2c(c1)OCO2)Nc1ccc(N2CCCC2)nc1. The summed E-state index contributed by atoms with van der Waals surface area (Å²) in [6.45, 7) is 2.24. The van der Waals surface area contributed by atoms with Crippen molar-refractivity contribution in [2.75, 3.05) is 30.1 Å². The maximum atomic E-state index is 12.1. The average molecular weight is 372 g/mol. The third-order valence-electron chi connectivity index (χ3n) is 4.32. The fraction of sp³-hybridized carbons (Fsp3) is 0.263. The van der Waals surface area contributed by atoms with Crippen LogP contribution in [0.15, 0.2) is 36.5 Å². The molecule has 0 aliphatic carbocycles. The summed E-state index contributed by atoms with van der Waals surface area (Å²) in [5, 5.41) is 3.26. The Morgan fingerprint density at radius 1 is 1.23 bits per heavy atom. The predicted molar refractivity (Wildman–Crippen MR) is 101 cm³/mol. The lowest BCUT2D eigenvalue weighted by Gasteiger charge is -2.16. The quantitative estimate of drug-likeness (QED) is 0.830. The third kappa shape index (κ3) is 3.60. The van der Waals surface area contributed by atoms with Crippen LogP contribution in [0.2, 0.25) is 5.02 Å². The van der Waals surface area contributed by atoms with Gasteiger partial charge >= 0.3 is 0 Å². The Hall–Kier alpha value is -2.73. The van der Waals surface area contributed by atoms with E-state index in [4.69, 9.17) is 21.1 Å². The summed E-state index contributed by atoms with van der Waals surface area (Å²) < 4.78 is 10.6. The number of benzene rings is 1. The molecule has 1 N–H and O–H groups in total. The molecule has 2 aliphatic rings. The zero-order valence-corrected chi connectivity index (χ0v) is 14.8. The first-order valence-electron chi connectivity index (χ1n) is 8.48. The number of fused-ring (bicyclic) bond motifs is 1. The van der Waals surface area contributed by atoms with E-state index in [1.54, 1.807) is 24.4 Å². The van der Waals surface area contributed by atoms with E-state index in [0.717, 1.165) is 24.5 Å². The number of nitrogens with zero attached hydrogens (tertiary/aromatic N) is 2. The number of hydrogen-bond donors (Lipinski definition) is 1. The van der Waals surface area contributed by atoms with Crippen LogP contribution >= 0.6 is 11.6 Å². The van der Waals surface area contributed by atoms with Crippen LogP contribution in [0.3, 0.4) is 0 Å². The smallest absolute Gasteiger partial charge is 0.248 e. The van der Waals surface area contributed by atoms with Crippen LogP contribution in [-0.4, -0.2) is 30.8 Å². The summed E-state index contributed by atoms with van der Waals surface area (Å²) in [5.41, 5.74) is 1.42. The van der Waals surface area contributed by atoms with Gasteiger partial charge in [-0.15, -0.1) is 0 Å². The van der Waals surface area contributed by atoms with Gasteiger partial charge in [-0.2, -0.15) is 0 Å². The molecule has 7 heteroatoms. The van der Waals surface area contributed by atoms with E-state index in [0.29, 0.717) is 22.2 Å². The van der Waals surface area contributed by atoms with Crippen molar-refractivity contribution in [3.8, 4) is 11.5 Å². The average Bonchev–Trinajstić information content (AvgIpc) is 3.32. The summed E-state index contributed by atoms with van der Waals surface area (Å²) >= 11 is 6.14. The van der Waals surface area contributed by atoms with Gasteiger partial charge in [-0.1, -0.05) is 11.6 Å². The van der Waals surface area contributed by atoms with Crippen LogP contribution in [0.4, 0.5) is 11.5 Å². The fourth-order valence-electron chi connectivity index (χ4n) is 3.03. The maximum absolute atomic E-state index is 12.1. The van der Waals surface area contributed by atoms with Gasteiger partial charge in [0.2, 0.25) is 12.7 Å². The minimum Gasteiger partial charge on any atom is -0.454 e. The Bertz CT molecular complexity index is 846. The first kappa shape index (κ1) is 16.7. The highest BCUT2D eigenvalue weighted by Crippen LogP contribution is 2.40. The molecule has 0 atom stereocenters. The summed E-state index contributed by atoms with van der Waals surface area (Å²) in [6.07, 6.45) is 7.21. The van der Waals surface area contributed by atoms with Crippen molar-refractivity contribution < 1.29 is 14.3 Å². The van der Waals surface area contributed by atoms with Crippen molar-refractivity contribution in [3.63, 3.8) is 0 Å². The number of aromatic nitrogens is 1. The summed E-state index contributed by atoms with van der Waals surface area (Å²) in [7, 11) is 0. The van der Waals surface area contributed by atoms with Crippen molar-refractivity contribution in [2.24, 2.45) is 0 Å². The molecular weight excluding hydrogens is 354 g/mol. The molecule has 4 rings (SSSR count). The lowest BCUT2D eigenvalue weighted by atomic mass is 10.2. The molecule has 1 saturated heterocycles. The molecule has 26 heavy (non-hydrogen) atoms. The Balaban J connectivity index is 1.39. The second kappa shape index (κ2) is 7.25. The summed E-state index contributed by atoms with van der Waals surface area (Å²) in [4.78, 5) is 18.8. The number of rotatable bonds is 4. The van der Waals surface area contributed by atoms with Crippen molar-refractivity contribution in [3.05, 3.63) is 47.1 Å². The highest BCUT2D eigenvalue weighted by atomic mass is 35.5. The van der Waals surface area contributed by atoms with Crippen LogP contribution in [0.5, 0.6) is 11.5 Å². The van der Waals surface area contributed by atoms with E-state index in [1.165, 1.54) is 18.9 Å². The third-order valence-corrected chi connectivity index (χ3v) is 4.60. The molecule has 0 spiro atoms. The Kier molecular flexibility index (Phi) is 4.67. The maximum Gasteiger partial charge on any atom is 0.248 e. The molecule has 0 saturated carbocycles. The van der Waals surface area contributed by atoms with Crippen molar-refractivity contribution in [1.82, 2.24) is 4.98 Å². The van der Waals surface area contributed by atoms with Gasteiger partial charge < -0.3 is 19.7 Å². The molecule has 0 unspecified atom stereocenters. The normalized spacial score (nSPS) is 15.7. The van der Waals surface area contributed by atoms with Crippen LogP contribution in [-0.2, 0) is 4.79 Å². The van der Waals surface area contributed by atoms with E-state index in [1.807, 2.05) is 12.1 Å². The molecule has 1 fully saturated rings. The van der Waals surface area contributed by atoms with E-state index < -0.39 is 0 Å². The number of carbonyl (C=O) groups excluding carboxylic acids is 1. The van der Waals surface area contributed by atoms with Crippen molar-refractivity contribution in [2.45, 2.75) is 12.8 Å². The minimum atomic E-state index is -0.241. The lowest BCUT2D eigenvalue weighted by molar-refractivity contribution is -0.111. The topological polar surface area (TPSA) is 63.7 Å². The van der Waals surface area contributed by atoms with E-state index in [2.05, 4.69) is 15.2 Å². The van der Waals surface area contributed by atoms with Gasteiger partial charge in [0.05, 0.1) is 16.9 Å².